The predicted molar refractivity (Wildman–Crippen MR) is 61.9 cm³/mol. The van der Waals surface area contributed by atoms with Gasteiger partial charge in [0.2, 0.25) is 0 Å². The quantitative estimate of drug-likeness (QED) is 0.839. The summed E-state index contributed by atoms with van der Waals surface area (Å²) in [6.07, 6.45) is 0.999. The van der Waals surface area contributed by atoms with Gasteiger partial charge in [-0.05, 0) is 19.9 Å². The summed E-state index contributed by atoms with van der Waals surface area (Å²) >= 11 is 0. The normalized spacial score (nSPS) is 19.2. The molecular formula is C10H16ClN3O2. The van der Waals surface area contributed by atoms with Crippen LogP contribution in [-0.4, -0.2) is 42.1 Å². The summed E-state index contributed by atoms with van der Waals surface area (Å²) in [6, 6.07) is 1.94. The highest BCUT2D eigenvalue weighted by atomic mass is 35.5. The van der Waals surface area contributed by atoms with Crippen LogP contribution in [0.25, 0.3) is 0 Å². The Hall–Kier alpha value is -1.07. The summed E-state index contributed by atoms with van der Waals surface area (Å²) in [4.78, 5) is 13.7. The Bertz CT molecular complexity index is 361. The van der Waals surface area contributed by atoms with Crippen molar-refractivity contribution in [2.75, 3.05) is 20.1 Å². The number of aromatic nitrogens is 1. The van der Waals surface area contributed by atoms with Crippen LogP contribution < -0.4 is 5.32 Å². The van der Waals surface area contributed by atoms with E-state index in [1.807, 2.05) is 7.05 Å². The topological polar surface area (TPSA) is 58.4 Å². The second-order valence-electron chi connectivity index (χ2n) is 3.89. The maximum absolute atomic E-state index is 11.9. The van der Waals surface area contributed by atoms with Crippen LogP contribution >= 0.6 is 12.4 Å². The molecule has 0 spiro atoms. The van der Waals surface area contributed by atoms with Gasteiger partial charge in [0.15, 0.2) is 5.69 Å². The minimum atomic E-state index is -0.0689. The molecule has 1 aromatic heterocycles. The second kappa shape index (κ2) is 5.32. The van der Waals surface area contributed by atoms with E-state index in [-0.39, 0.29) is 24.4 Å². The van der Waals surface area contributed by atoms with E-state index in [1.54, 1.807) is 17.9 Å². The molecule has 1 aliphatic heterocycles. The van der Waals surface area contributed by atoms with Crippen LogP contribution in [0.1, 0.15) is 22.7 Å². The largest absolute Gasteiger partial charge is 0.361 e. The fourth-order valence-electron chi connectivity index (χ4n) is 1.78. The number of likely N-dealkylation sites (N-methyl/N-ethyl adjacent to an activating group) is 1. The molecule has 2 rings (SSSR count). The van der Waals surface area contributed by atoms with E-state index < -0.39 is 0 Å². The molecule has 16 heavy (non-hydrogen) atoms. The van der Waals surface area contributed by atoms with Crippen LogP contribution in [-0.2, 0) is 0 Å². The lowest BCUT2D eigenvalue weighted by atomic mass is 10.2. The lowest BCUT2D eigenvalue weighted by molar-refractivity contribution is 0.0733. The first-order chi connectivity index (χ1) is 7.18. The van der Waals surface area contributed by atoms with Crippen LogP contribution in [0.5, 0.6) is 0 Å². The molecule has 1 amide bonds. The van der Waals surface area contributed by atoms with E-state index in [1.165, 1.54) is 0 Å². The Morgan fingerprint density at radius 1 is 1.69 bits per heavy atom. The highest BCUT2D eigenvalue weighted by Gasteiger charge is 2.25. The fraction of sp³-hybridized carbons (Fsp3) is 0.600. The fourth-order valence-corrected chi connectivity index (χ4v) is 1.78. The molecule has 0 radical (unpaired) electrons. The van der Waals surface area contributed by atoms with E-state index in [0.717, 1.165) is 19.5 Å². The SMILES string of the molecule is Cc1cc(C(=O)N(C)C2CCNC2)no1.Cl. The number of carbonyl (C=O) groups is 1. The number of hydrogen-bond acceptors (Lipinski definition) is 4. The van der Waals surface area contributed by atoms with Crippen molar-refractivity contribution in [3.63, 3.8) is 0 Å². The van der Waals surface area contributed by atoms with Gasteiger partial charge in [-0.3, -0.25) is 4.79 Å². The summed E-state index contributed by atoms with van der Waals surface area (Å²) in [5, 5.41) is 6.95. The number of aryl methyl sites for hydroxylation is 1. The van der Waals surface area contributed by atoms with Gasteiger partial charge >= 0.3 is 0 Å². The van der Waals surface area contributed by atoms with Crippen molar-refractivity contribution in [1.29, 1.82) is 0 Å². The monoisotopic (exact) mass is 245 g/mol. The molecule has 1 fully saturated rings. The van der Waals surface area contributed by atoms with Gasteiger partial charge in [-0.15, -0.1) is 12.4 Å². The van der Waals surface area contributed by atoms with Crippen molar-refractivity contribution in [1.82, 2.24) is 15.4 Å². The first-order valence-corrected chi connectivity index (χ1v) is 5.09. The van der Waals surface area contributed by atoms with Crippen LogP contribution in [0.2, 0.25) is 0 Å². The smallest absolute Gasteiger partial charge is 0.276 e. The standard InChI is InChI=1S/C10H15N3O2.ClH/c1-7-5-9(12-15-7)10(14)13(2)8-3-4-11-6-8;/h5,8,11H,3-4,6H2,1-2H3;1H. The minimum Gasteiger partial charge on any atom is -0.361 e. The maximum atomic E-state index is 11.9. The third-order valence-corrected chi connectivity index (χ3v) is 2.75. The Labute approximate surface area is 101 Å². The lowest BCUT2D eigenvalue weighted by Crippen LogP contribution is -2.38. The van der Waals surface area contributed by atoms with Gasteiger partial charge in [0, 0.05) is 25.7 Å². The average molecular weight is 246 g/mol. The maximum Gasteiger partial charge on any atom is 0.276 e. The molecule has 0 bridgehead atoms. The molecule has 6 heteroatoms. The van der Waals surface area contributed by atoms with Crippen molar-refractivity contribution < 1.29 is 9.32 Å². The Balaban J connectivity index is 0.00000128. The first kappa shape index (κ1) is 13.0. The number of halogens is 1. The van der Waals surface area contributed by atoms with E-state index in [2.05, 4.69) is 10.5 Å². The highest BCUT2D eigenvalue weighted by Crippen LogP contribution is 2.11. The second-order valence-corrected chi connectivity index (χ2v) is 3.89. The third kappa shape index (κ3) is 2.54. The number of rotatable bonds is 2. The van der Waals surface area contributed by atoms with E-state index in [9.17, 15) is 4.79 Å². The molecule has 1 atom stereocenters. The van der Waals surface area contributed by atoms with Crippen molar-refractivity contribution in [3.05, 3.63) is 17.5 Å². The number of nitrogens with zero attached hydrogens (tertiary/aromatic N) is 2. The summed E-state index contributed by atoms with van der Waals surface area (Å²) in [6.45, 7) is 3.61. The molecule has 0 saturated carbocycles. The van der Waals surface area contributed by atoms with Gasteiger partial charge < -0.3 is 14.7 Å². The number of nitrogens with one attached hydrogen (secondary N) is 1. The molecule has 1 saturated heterocycles. The number of hydrogen-bond donors (Lipinski definition) is 1. The molecule has 1 aliphatic rings. The lowest BCUT2D eigenvalue weighted by Gasteiger charge is -2.22. The first-order valence-electron chi connectivity index (χ1n) is 5.09. The zero-order valence-corrected chi connectivity index (χ0v) is 10.2. The van der Waals surface area contributed by atoms with Gasteiger partial charge in [0.25, 0.3) is 5.91 Å². The Morgan fingerprint density at radius 2 is 2.44 bits per heavy atom. The molecule has 1 aromatic rings. The third-order valence-electron chi connectivity index (χ3n) is 2.75. The highest BCUT2D eigenvalue weighted by molar-refractivity contribution is 5.92. The molecule has 1 unspecified atom stereocenters. The van der Waals surface area contributed by atoms with Crippen molar-refractivity contribution >= 4 is 18.3 Å². The van der Waals surface area contributed by atoms with E-state index in [4.69, 9.17) is 4.52 Å². The molecule has 90 valence electrons. The van der Waals surface area contributed by atoms with Gasteiger partial charge in [-0.2, -0.15) is 0 Å². The Kier molecular flexibility index (Phi) is 4.32. The van der Waals surface area contributed by atoms with Gasteiger partial charge in [0.05, 0.1) is 0 Å². The summed E-state index contributed by atoms with van der Waals surface area (Å²) < 4.78 is 4.89. The molecule has 0 aliphatic carbocycles. The van der Waals surface area contributed by atoms with Crippen LogP contribution in [0.15, 0.2) is 10.6 Å². The Morgan fingerprint density at radius 3 is 2.94 bits per heavy atom. The summed E-state index contributed by atoms with van der Waals surface area (Å²) in [5.41, 5.74) is 0.391. The molecule has 1 N–H and O–H groups in total. The zero-order chi connectivity index (χ0) is 10.8. The van der Waals surface area contributed by atoms with Crippen LogP contribution in [0.4, 0.5) is 0 Å². The van der Waals surface area contributed by atoms with E-state index >= 15 is 0 Å². The summed E-state index contributed by atoms with van der Waals surface area (Å²) in [5.74, 6) is 0.594. The van der Waals surface area contributed by atoms with Gasteiger partial charge in [-0.25, -0.2) is 0 Å². The minimum absolute atomic E-state index is 0. The van der Waals surface area contributed by atoms with Crippen molar-refractivity contribution in [2.24, 2.45) is 0 Å². The summed E-state index contributed by atoms with van der Waals surface area (Å²) in [7, 11) is 1.81. The van der Waals surface area contributed by atoms with Crippen LogP contribution in [0.3, 0.4) is 0 Å². The zero-order valence-electron chi connectivity index (χ0n) is 9.40. The van der Waals surface area contributed by atoms with Crippen molar-refractivity contribution in [2.45, 2.75) is 19.4 Å². The van der Waals surface area contributed by atoms with Gasteiger partial charge in [-0.1, -0.05) is 5.16 Å². The van der Waals surface area contributed by atoms with Crippen LogP contribution in [0, 0.1) is 6.92 Å². The predicted octanol–water partition coefficient (Wildman–Crippen LogP) is 0.839. The molecule has 5 nitrogen and oxygen atoms in total. The molecule has 0 aromatic carbocycles. The molecular weight excluding hydrogens is 230 g/mol. The van der Waals surface area contributed by atoms with Crippen molar-refractivity contribution in [3.8, 4) is 0 Å². The average Bonchev–Trinajstić information content (AvgIpc) is 2.85. The number of amides is 1. The molecule has 2 heterocycles. The van der Waals surface area contributed by atoms with Gasteiger partial charge in [0.1, 0.15) is 5.76 Å². The van der Waals surface area contributed by atoms with E-state index in [0.29, 0.717) is 11.5 Å². The number of carbonyl (C=O) groups excluding carboxylic acids is 1.